The monoisotopic (exact) mass is 286 g/mol. The lowest BCUT2D eigenvalue weighted by atomic mass is 10.1. The van der Waals surface area contributed by atoms with Crippen molar-refractivity contribution in [1.82, 2.24) is 10.3 Å². The Labute approximate surface area is 123 Å². The van der Waals surface area contributed by atoms with Gasteiger partial charge in [0.05, 0.1) is 10.6 Å². The molecule has 0 fully saturated rings. The second kappa shape index (κ2) is 5.25. The first-order valence-corrected chi connectivity index (χ1v) is 7.01. The van der Waals surface area contributed by atoms with Gasteiger partial charge >= 0.3 is 0 Å². The number of hydrogen-bond donors (Lipinski definition) is 1. The number of fused-ring (bicyclic) bond motifs is 1. The molecule has 2 aromatic rings. The predicted molar refractivity (Wildman–Crippen MR) is 79.1 cm³/mol. The van der Waals surface area contributed by atoms with Crippen LogP contribution in [0.15, 0.2) is 36.5 Å². The number of aryl methyl sites for hydroxylation is 1. The first kappa shape index (κ1) is 13.1. The van der Waals surface area contributed by atoms with Gasteiger partial charge in [-0.15, -0.1) is 0 Å². The molecule has 3 rings (SSSR count). The van der Waals surface area contributed by atoms with Crippen LogP contribution in [0.25, 0.3) is 0 Å². The van der Waals surface area contributed by atoms with E-state index in [1.54, 1.807) is 6.07 Å². The molecule has 0 saturated heterocycles. The molecule has 1 N–H and O–H groups in total. The highest BCUT2D eigenvalue weighted by Crippen LogP contribution is 2.22. The predicted octanol–water partition coefficient (Wildman–Crippen LogP) is 2.94. The van der Waals surface area contributed by atoms with Gasteiger partial charge in [-0.3, -0.25) is 9.78 Å². The quantitative estimate of drug-likeness (QED) is 0.922. The second-order valence-corrected chi connectivity index (χ2v) is 5.56. The normalized spacial score (nSPS) is 14.1. The van der Waals surface area contributed by atoms with Gasteiger partial charge in [-0.25, -0.2) is 0 Å². The van der Waals surface area contributed by atoms with E-state index in [0.717, 1.165) is 18.5 Å². The molecular weight excluding hydrogens is 272 g/mol. The third-order valence-corrected chi connectivity index (χ3v) is 3.93. The van der Waals surface area contributed by atoms with Gasteiger partial charge in [0.15, 0.2) is 0 Å². The van der Waals surface area contributed by atoms with Crippen molar-refractivity contribution in [3.05, 3.63) is 63.9 Å². The number of nitrogens with zero attached hydrogens (tertiary/aromatic N) is 1. The summed E-state index contributed by atoms with van der Waals surface area (Å²) in [7, 11) is 0. The summed E-state index contributed by atoms with van der Waals surface area (Å²) in [5.41, 5.74) is 3.87. The largest absolute Gasteiger partial charge is 0.349 e. The number of benzene rings is 1. The van der Waals surface area contributed by atoms with Crippen molar-refractivity contribution in [2.75, 3.05) is 0 Å². The lowest BCUT2D eigenvalue weighted by Gasteiger charge is -2.12. The summed E-state index contributed by atoms with van der Waals surface area (Å²) in [5.74, 6) is -0.152. The highest BCUT2D eigenvalue weighted by atomic mass is 35.5. The van der Waals surface area contributed by atoms with Crippen LogP contribution < -0.4 is 5.32 Å². The van der Waals surface area contributed by atoms with E-state index in [4.69, 9.17) is 11.6 Å². The number of aromatic nitrogens is 1. The van der Waals surface area contributed by atoms with E-state index >= 15 is 0 Å². The van der Waals surface area contributed by atoms with Crippen LogP contribution in [0.3, 0.4) is 0 Å². The van der Waals surface area contributed by atoms with E-state index in [2.05, 4.69) is 22.4 Å². The lowest BCUT2D eigenvalue weighted by Crippen LogP contribution is -2.35. The zero-order valence-corrected chi connectivity index (χ0v) is 11.9. The van der Waals surface area contributed by atoms with E-state index in [9.17, 15) is 4.79 Å². The number of pyridine rings is 1. The molecule has 0 radical (unpaired) electrons. The molecule has 0 aliphatic heterocycles. The van der Waals surface area contributed by atoms with Gasteiger partial charge in [-0.05, 0) is 37.0 Å². The summed E-state index contributed by atoms with van der Waals surface area (Å²) < 4.78 is 0. The average Bonchev–Trinajstić information content (AvgIpc) is 2.80. The number of halogens is 1. The summed E-state index contributed by atoms with van der Waals surface area (Å²) in [6, 6.07) is 10.1. The number of nitrogens with one attached hydrogen (secondary N) is 1. The highest BCUT2D eigenvalue weighted by Gasteiger charge is 2.23. The maximum atomic E-state index is 12.2. The number of amides is 1. The number of hydrogen-bond acceptors (Lipinski definition) is 2. The van der Waals surface area contributed by atoms with Crippen molar-refractivity contribution in [1.29, 1.82) is 0 Å². The highest BCUT2D eigenvalue weighted by molar-refractivity contribution is 6.33. The molecule has 0 atom stereocenters. The van der Waals surface area contributed by atoms with Crippen LogP contribution in [0.4, 0.5) is 0 Å². The summed E-state index contributed by atoms with van der Waals surface area (Å²) in [5, 5.41) is 3.49. The van der Waals surface area contributed by atoms with Crippen molar-refractivity contribution >= 4 is 17.5 Å². The van der Waals surface area contributed by atoms with Crippen LogP contribution in [0.1, 0.15) is 27.2 Å². The summed E-state index contributed by atoms with van der Waals surface area (Å²) in [6.07, 6.45) is 3.28. The molecule has 4 heteroatoms. The smallest absolute Gasteiger partial charge is 0.254 e. The molecule has 0 spiro atoms. The van der Waals surface area contributed by atoms with Crippen LogP contribution in [0.2, 0.25) is 5.02 Å². The zero-order chi connectivity index (χ0) is 14.1. The van der Waals surface area contributed by atoms with Crippen molar-refractivity contribution in [2.24, 2.45) is 0 Å². The van der Waals surface area contributed by atoms with Gasteiger partial charge in [-0.2, -0.15) is 0 Å². The van der Waals surface area contributed by atoms with Gasteiger partial charge < -0.3 is 5.32 Å². The van der Waals surface area contributed by atoms with Crippen LogP contribution in [-0.2, 0) is 12.8 Å². The van der Waals surface area contributed by atoms with Gasteiger partial charge in [0, 0.05) is 17.9 Å². The van der Waals surface area contributed by atoms with E-state index in [1.165, 1.54) is 17.3 Å². The van der Waals surface area contributed by atoms with Crippen LogP contribution in [0, 0.1) is 6.92 Å². The molecule has 1 amide bonds. The summed E-state index contributed by atoms with van der Waals surface area (Å²) >= 11 is 6.10. The molecule has 1 aromatic heterocycles. The minimum absolute atomic E-state index is 0.136. The van der Waals surface area contributed by atoms with Crippen LogP contribution >= 0.6 is 11.6 Å². The second-order valence-electron chi connectivity index (χ2n) is 5.15. The summed E-state index contributed by atoms with van der Waals surface area (Å²) in [4.78, 5) is 16.4. The topological polar surface area (TPSA) is 42.0 Å². The van der Waals surface area contributed by atoms with Gasteiger partial charge in [0.25, 0.3) is 5.91 Å². The molecule has 20 heavy (non-hydrogen) atoms. The maximum Gasteiger partial charge on any atom is 0.254 e. The first-order chi connectivity index (χ1) is 9.63. The Hall–Kier alpha value is -1.87. The Balaban J connectivity index is 1.72. The third kappa shape index (κ3) is 2.54. The zero-order valence-electron chi connectivity index (χ0n) is 11.2. The molecule has 1 heterocycles. The van der Waals surface area contributed by atoms with Crippen molar-refractivity contribution in [2.45, 2.75) is 25.8 Å². The molecule has 0 bridgehead atoms. The fourth-order valence-electron chi connectivity index (χ4n) is 2.62. The fraction of sp³-hybridized carbons (Fsp3) is 0.250. The molecule has 0 unspecified atom stereocenters. The molecule has 3 nitrogen and oxygen atoms in total. The Morgan fingerprint density at radius 3 is 2.55 bits per heavy atom. The minimum Gasteiger partial charge on any atom is -0.349 e. The SMILES string of the molecule is Cc1cc(Cl)c(C(=O)NC2Cc3ccccc3C2)cn1. The average molecular weight is 287 g/mol. The van der Waals surface area contributed by atoms with Gasteiger partial charge in [-0.1, -0.05) is 35.9 Å². The number of carbonyl (C=O) groups is 1. The Morgan fingerprint density at radius 1 is 1.30 bits per heavy atom. The summed E-state index contributed by atoms with van der Waals surface area (Å²) in [6.45, 7) is 1.85. The van der Waals surface area contributed by atoms with Crippen molar-refractivity contribution in [3.63, 3.8) is 0 Å². The maximum absolute atomic E-state index is 12.2. The Kier molecular flexibility index (Phi) is 3.45. The molecular formula is C16H15ClN2O. The van der Waals surface area contributed by atoms with Crippen LogP contribution in [0.5, 0.6) is 0 Å². The van der Waals surface area contributed by atoms with Crippen molar-refractivity contribution in [3.8, 4) is 0 Å². The van der Waals surface area contributed by atoms with E-state index in [0.29, 0.717) is 10.6 Å². The van der Waals surface area contributed by atoms with Gasteiger partial charge in [0.2, 0.25) is 0 Å². The first-order valence-electron chi connectivity index (χ1n) is 6.63. The molecule has 1 aliphatic rings. The Bertz CT molecular complexity index is 644. The number of carbonyl (C=O) groups excluding carboxylic acids is 1. The lowest BCUT2D eigenvalue weighted by molar-refractivity contribution is 0.0938. The van der Waals surface area contributed by atoms with Crippen molar-refractivity contribution < 1.29 is 4.79 Å². The molecule has 102 valence electrons. The van der Waals surface area contributed by atoms with E-state index < -0.39 is 0 Å². The molecule has 1 aromatic carbocycles. The minimum atomic E-state index is -0.152. The number of rotatable bonds is 2. The van der Waals surface area contributed by atoms with Crippen LogP contribution in [-0.4, -0.2) is 16.9 Å². The molecule has 0 saturated carbocycles. The third-order valence-electron chi connectivity index (χ3n) is 3.62. The van der Waals surface area contributed by atoms with E-state index in [-0.39, 0.29) is 11.9 Å². The standard InChI is InChI=1S/C16H15ClN2O/c1-10-6-15(17)14(9-18-10)16(20)19-13-7-11-4-2-3-5-12(11)8-13/h2-6,9,13H,7-8H2,1H3,(H,19,20). The van der Waals surface area contributed by atoms with E-state index in [1.807, 2.05) is 19.1 Å². The molecule has 1 aliphatic carbocycles. The fourth-order valence-corrected chi connectivity index (χ4v) is 2.91. The van der Waals surface area contributed by atoms with Gasteiger partial charge in [0.1, 0.15) is 0 Å². The Morgan fingerprint density at radius 2 is 1.95 bits per heavy atom.